The van der Waals surface area contributed by atoms with E-state index >= 15 is 0 Å². The number of aryl methyl sites for hydroxylation is 2. The van der Waals surface area contributed by atoms with E-state index in [4.69, 9.17) is 4.98 Å². The number of amides is 1. The van der Waals surface area contributed by atoms with Gasteiger partial charge in [0.2, 0.25) is 0 Å². The number of H-pyrrole nitrogens is 1. The Hall–Kier alpha value is -3.26. The normalized spacial score (nSPS) is 11.3. The minimum absolute atomic E-state index is 0.0620. The number of nitrogens with one attached hydrogen (secondary N) is 2. The molecule has 1 aromatic carbocycles. The van der Waals surface area contributed by atoms with Gasteiger partial charge in [-0.25, -0.2) is 9.67 Å². The van der Waals surface area contributed by atoms with Gasteiger partial charge in [0.25, 0.3) is 11.5 Å². The molecule has 0 bridgehead atoms. The highest BCUT2D eigenvalue weighted by Gasteiger charge is 2.22. The van der Waals surface area contributed by atoms with Crippen LogP contribution in [-0.4, -0.2) is 25.7 Å². The van der Waals surface area contributed by atoms with E-state index in [0.29, 0.717) is 32.5 Å². The van der Waals surface area contributed by atoms with Crippen molar-refractivity contribution < 1.29 is 4.79 Å². The number of nitrogens with zero attached hydrogens (tertiary/aromatic N) is 3. The van der Waals surface area contributed by atoms with Gasteiger partial charge < -0.3 is 10.3 Å². The first-order valence-electron chi connectivity index (χ1n) is 10.4. The number of hydrogen-bond acceptors (Lipinski definition) is 4. The van der Waals surface area contributed by atoms with E-state index in [0.717, 1.165) is 16.8 Å². The molecule has 0 unspecified atom stereocenters. The molecule has 2 N–H and O–H groups in total. The molecule has 0 aliphatic carbocycles. The number of rotatable bonds is 5. The van der Waals surface area contributed by atoms with Crippen LogP contribution in [0, 0.1) is 13.8 Å². The molecule has 7 nitrogen and oxygen atoms in total. The van der Waals surface area contributed by atoms with Crippen LogP contribution in [0.25, 0.3) is 22.3 Å². The number of aromatic nitrogens is 4. The van der Waals surface area contributed by atoms with Crippen molar-refractivity contribution in [2.24, 2.45) is 0 Å². The molecular formula is C24H24BrN5O2. The Morgan fingerprint density at radius 3 is 2.56 bits per heavy atom. The Balaban J connectivity index is 1.80. The number of pyridine rings is 2. The highest BCUT2D eigenvalue weighted by molar-refractivity contribution is 9.10. The van der Waals surface area contributed by atoms with Gasteiger partial charge in [0.15, 0.2) is 5.65 Å². The first kappa shape index (κ1) is 22.0. The lowest BCUT2D eigenvalue weighted by Crippen LogP contribution is -2.28. The molecule has 4 aromatic rings. The van der Waals surface area contributed by atoms with Crippen LogP contribution in [0.3, 0.4) is 0 Å². The summed E-state index contributed by atoms with van der Waals surface area (Å²) < 4.78 is 2.36. The molecule has 0 saturated carbocycles. The molecule has 8 heteroatoms. The van der Waals surface area contributed by atoms with E-state index in [-0.39, 0.29) is 24.1 Å². The molecular weight excluding hydrogens is 470 g/mol. The lowest BCUT2D eigenvalue weighted by Gasteiger charge is -2.12. The van der Waals surface area contributed by atoms with Gasteiger partial charge in [-0.1, -0.05) is 30.3 Å². The van der Waals surface area contributed by atoms with Crippen molar-refractivity contribution in [1.29, 1.82) is 0 Å². The number of fused-ring (bicyclic) bond motifs is 1. The van der Waals surface area contributed by atoms with Gasteiger partial charge in [-0.2, -0.15) is 5.10 Å². The smallest absolute Gasteiger partial charge is 0.253 e. The van der Waals surface area contributed by atoms with Crippen molar-refractivity contribution in [3.63, 3.8) is 0 Å². The van der Waals surface area contributed by atoms with Crippen LogP contribution in [0.4, 0.5) is 0 Å². The standard InChI is InChI=1S/C24H24BrN5O2/c1-13(2)30-22-20(21(25)29-30)17(11-19(28-22)16-8-6-5-7-9-16)23(31)26-12-18-14(3)10-15(4)27-24(18)32/h5-11,13H,12H2,1-4H3,(H,26,31)(H,27,32). The van der Waals surface area contributed by atoms with Crippen molar-refractivity contribution in [1.82, 2.24) is 25.1 Å². The zero-order chi connectivity index (χ0) is 23.0. The Labute approximate surface area is 194 Å². The van der Waals surface area contributed by atoms with Crippen molar-refractivity contribution in [3.05, 3.63) is 79.8 Å². The predicted molar refractivity (Wildman–Crippen MR) is 129 cm³/mol. The number of benzene rings is 1. The average molecular weight is 494 g/mol. The molecule has 0 fully saturated rings. The molecule has 0 aliphatic heterocycles. The predicted octanol–water partition coefficient (Wildman–Crippen LogP) is 4.68. The molecule has 0 saturated heterocycles. The highest BCUT2D eigenvalue weighted by Crippen LogP contribution is 2.31. The Bertz CT molecular complexity index is 1370. The van der Waals surface area contributed by atoms with Crippen LogP contribution in [-0.2, 0) is 6.54 Å². The summed E-state index contributed by atoms with van der Waals surface area (Å²) in [5.74, 6) is -0.294. The van der Waals surface area contributed by atoms with E-state index in [9.17, 15) is 9.59 Å². The first-order chi connectivity index (χ1) is 15.3. The van der Waals surface area contributed by atoms with Gasteiger partial charge >= 0.3 is 0 Å². The van der Waals surface area contributed by atoms with E-state index in [2.05, 4.69) is 31.3 Å². The summed E-state index contributed by atoms with van der Waals surface area (Å²) in [6.07, 6.45) is 0. The third kappa shape index (κ3) is 4.10. The van der Waals surface area contributed by atoms with E-state index in [1.807, 2.05) is 64.1 Å². The van der Waals surface area contributed by atoms with Crippen LogP contribution in [0.2, 0.25) is 0 Å². The monoisotopic (exact) mass is 493 g/mol. The summed E-state index contributed by atoms with van der Waals surface area (Å²) in [6.45, 7) is 7.86. The van der Waals surface area contributed by atoms with Gasteiger partial charge in [-0.15, -0.1) is 0 Å². The number of carbonyl (C=O) groups excluding carboxylic acids is 1. The zero-order valence-electron chi connectivity index (χ0n) is 18.4. The summed E-state index contributed by atoms with van der Waals surface area (Å²) in [5, 5.41) is 8.11. The number of hydrogen-bond donors (Lipinski definition) is 2. The molecule has 32 heavy (non-hydrogen) atoms. The molecule has 4 rings (SSSR count). The van der Waals surface area contributed by atoms with Crippen LogP contribution in [0.5, 0.6) is 0 Å². The summed E-state index contributed by atoms with van der Waals surface area (Å²) >= 11 is 3.51. The quantitative estimate of drug-likeness (QED) is 0.422. The van der Waals surface area contributed by atoms with Crippen LogP contribution in [0.15, 0.2) is 51.9 Å². The Kier molecular flexibility index (Phi) is 5.97. The molecule has 1 amide bonds. The summed E-state index contributed by atoms with van der Waals surface area (Å²) in [7, 11) is 0. The van der Waals surface area contributed by atoms with Gasteiger partial charge in [-0.3, -0.25) is 9.59 Å². The van der Waals surface area contributed by atoms with Crippen molar-refractivity contribution in [2.75, 3.05) is 0 Å². The SMILES string of the molecule is Cc1cc(C)c(CNC(=O)c2cc(-c3ccccc3)nc3c2c(Br)nn3C(C)C)c(=O)[nH]1. The second kappa shape index (κ2) is 8.70. The molecule has 3 aromatic heterocycles. The molecule has 0 spiro atoms. The zero-order valence-corrected chi connectivity index (χ0v) is 19.9. The van der Waals surface area contributed by atoms with Crippen molar-refractivity contribution >= 4 is 32.9 Å². The van der Waals surface area contributed by atoms with Crippen LogP contribution in [0.1, 0.15) is 47.1 Å². The van der Waals surface area contributed by atoms with Gasteiger partial charge in [0.1, 0.15) is 4.60 Å². The first-order valence-corrected chi connectivity index (χ1v) is 11.2. The third-order valence-corrected chi connectivity index (χ3v) is 5.90. The van der Waals surface area contributed by atoms with Crippen LogP contribution < -0.4 is 10.9 Å². The second-order valence-corrected chi connectivity index (χ2v) is 8.83. The highest BCUT2D eigenvalue weighted by atomic mass is 79.9. The van der Waals surface area contributed by atoms with Gasteiger partial charge in [-0.05, 0) is 61.3 Å². The number of carbonyl (C=O) groups is 1. The summed E-state index contributed by atoms with van der Waals surface area (Å²) in [5.41, 5.74) is 4.64. The minimum Gasteiger partial charge on any atom is -0.348 e. The van der Waals surface area contributed by atoms with Crippen molar-refractivity contribution in [2.45, 2.75) is 40.3 Å². The maximum Gasteiger partial charge on any atom is 0.253 e. The summed E-state index contributed by atoms with van der Waals surface area (Å²) in [4.78, 5) is 33.3. The second-order valence-electron chi connectivity index (χ2n) is 8.07. The fourth-order valence-corrected chi connectivity index (χ4v) is 4.32. The lowest BCUT2D eigenvalue weighted by molar-refractivity contribution is 0.0952. The average Bonchev–Trinajstić information content (AvgIpc) is 3.09. The topological polar surface area (TPSA) is 92.7 Å². The minimum atomic E-state index is -0.294. The van der Waals surface area contributed by atoms with E-state index in [1.54, 1.807) is 10.7 Å². The van der Waals surface area contributed by atoms with Crippen molar-refractivity contribution in [3.8, 4) is 11.3 Å². The molecule has 164 valence electrons. The maximum absolute atomic E-state index is 13.3. The number of halogens is 1. The molecule has 0 radical (unpaired) electrons. The third-order valence-electron chi connectivity index (χ3n) is 5.34. The fourth-order valence-electron chi connectivity index (χ4n) is 3.75. The Morgan fingerprint density at radius 2 is 1.91 bits per heavy atom. The van der Waals surface area contributed by atoms with E-state index < -0.39 is 0 Å². The van der Waals surface area contributed by atoms with Gasteiger partial charge in [0.05, 0.1) is 16.6 Å². The number of aromatic amines is 1. The van der Waals surface area contributed by atoms with E-state index in [1.165, 1.54) is 0 Å². The fraction of sp³-hybridized carbons (Fsp3) is 0.250. The molecule has 0 atom stereocenters. The molecule has 0 aliphatic rings. The maximum atomic E-state index is 13.3. The Morgan fingerprint density at radius 1 is 1.19 bits per heavy atom. The molecule has 3 heterocycles. The largest absolute Gasteiger partial charge is 0.348 e. The van der Waals surface area contributed by atoms with Crippen LogP contribution >= 0.6 is 15.9 Å². The summed E-state index contributed by atoms with van der Waals surface area (Å²) in [6, 6.07) is 13.4. The van der Waals surface area contributed by atoms with Gasteiger partial charge in [0, 0.05) is 29.4 Å². The lowest BCUT2D eigenvalue weighted by atomic mass is 10.1.